The zero-order chi connectivity index (χ0) is 28.6. The van der Waals surface area contributed by atoms with Crippen LogP contribution in [0.25, 0.3) is 33.5 Å². The van der Waals surface area contributed by atoms with Crippen molar-refractivity contribution >= 4 is 22.7 Å². The number of thioether (sulfide) groups is 1. The molecular formula is C28H21F5N4O2S. The molecule has 5 rings (SSSR count). The minimum atomic E-state index is -2.20. The molecule has 0 aliphatic carbocycles. The van der Waals surface area contributed by atoms with Gasteiger partial charge in [0, 0.05) is 34.9 Å². The van der Waals surface area contributed by atoms with Crippen molar-refractivity contribution in [3.8, 4) is 34.1 Å². The smallest absolute Gasteiger partial charge is 0.200 e. The number of methoxy groups -OCH3 is 1. The molecular weight excluding hydrogens is 551 g/mol. The number of fused-ring (bicyclic) bond motifs is 1. The second-order valence-electron chi connectivity index (χ2n) is 8.60. The Balaban J connectivity index is 1.57. The van der Waals surface area contributed by atoms with Crippen LogP contribution in [0.5, 0.6) is 11.5 Å². The number of ether oxygens (including phenoxy) is 2. The molecule has 206 valence electrons. The van der Waals surface area contributed by atoms with Gasteiger partial charge < -0.3 is 14.0 Å². The summed E-state index contributed by atoms with van der Waals surface area (Å²) >= 11 is 0.788. The van der Waals surface area contributed by atoms with Crippen LogP contribution in [0.15, 0.2) is 53.7 Å². The minimum Gasteiger partial charge on any atom is -0.497 e. The predicted octanol–water partition coefficient (Wildman–Crippen LogP) is 7.09. The average molecular weight is 573 g/mol. The first kappa shape index (κ1) is 27.4. The van der Waals surface area contributed by atoms with E-state index in [1.54, 1.807) is 18.7 Å². The van der Waals surface area contributed by atoms with Gasteiger partial charge in [-0.3, -0.25) is 0 Å². The molecule has 0 spiro atoms. The third kappa shape index (κ3) is 4.94. The normalized spacial score (nSPS) is 11.3. The monoisotopic (exact) mass is 572 g/mol. The van der Waals surface area contributed by atoms with Crippen LogP contribution in [0.4, 0.5) is 22.0 Å². The largest absolute Gasteiger partial charge is 0.497 e. The standard InChI is InChI=1S/C28H21F5N4O2S/c1-4-39-16-9-10-20-17(11-16)18(12-21(34-20)14-5-7-15(38-3)8-6-14)27-35-36-28(37(27)2)40-13-19-22(29)24(31)26(33)25(32)23(19)30/h5-12H,4,13H2,1-3H3. The number of hydrogen-bond acceptors (Lipinski definition) is 6. The zero-order valence-corrected chi connectivity index (χ0v) is 22.3. The summed E-state index contributed by atoms with van der Waals surface area (Å²) in [5.74, 6) is -8.78. The second kappa shape index (κ2) is 11.1. The maximum atomic E-state index is 14.2. The first-order valence-electron chi connectivity index (χ1n) is 12.0. The predicted molar refractivity (Wildman–Crippen MR) is 141 cm³/mol. The molecule has 0 aliphatic rings. The third-order valence-electron chi connectivity index (χ3n) is 6.20. The SMILES string of the molecule is CCOc1ccc2nc(-c3ccc(OC)cc3)cc(-c3nnc(SCc4c(F)c(F)c(F)c(F)c4F)n3C)c2c1. The van der Waals surface area contributed by atoms with Crippen molar-refractivity contribution < 1.29 is 31.4 Å². The first-order chi connectivity index (χ1) is 19.2. The van der Waals surface area contributed by atoms with Gasteiger partial charge >= 0.3 is 0 Å². The average Bonchev–Trinajstić information content (AvgIpc) is 3.34. The van der Waals surface area contributed by atoms with Crippen molar-refractivity contribution in [1.29, 1.82) is 0 Å². The Morgan fingerprint density at radius 1 is 0.825 bits per heavy atom. The van der Waals surface area contributed by atoms with Crippen LogP contribution in [0.2, 0.25) is 0 Å². The lowest BCUT2D eigenvalue weighted by Gasteiger charge is -2.12. The molecule has 2 aromatic heterocycles. The van der Waals surface area contributed by atoms with Crippen LogP contribution >= 0.6 is 11.8 Å². The van der Waals surface area contributed by atoms with Gasteiger partial charge in [0.1, 0.15) is 11.5 Å². The molecule has 2 heterocycles. The van der Waals surface area contributed by atoms with Gasteiger partial charge in [0.05, 0.1) is 24.9 Å². The lowest BCUT2D eigenvalue weighted by Crippen LogP contribution is -2.06. The van der Waals surface area contributed by atoms with Crippen LogP contribution in [-0.2, 0) is 12.8 Å². The van der Waals surface area contributed by atoms with E-state index in [-0.39, 0.29) is 5.16 Å². The molecule has 0 amide bonds. The second-order valence-corrected chi connectivity index (χ2v) is 9.54. The van der Waals surface area contributed by atoms with Gasteiger partial charge in [0.15, 0.2) is 34.2 Å². The van der Waals surface area contributed by atoms with E-state index in [1.165, 1.54) is 0 Å². The summed E-state index contributed by atoms with van der Waals surface area (Å²) in [6.45, 7) is 2.33. The van der Waals surface area contributed by atoms with E-state index >= 15 is 0 Å². The third-order valence-corrected chi connectivity index (χ3v) is 7.25. The Hall–Kier alpha value is -4.19. The van der Waals surface area contributed by atoms with E-state index in [0.29, 0.717) is 40.7 Å². The molecule has 3 aromatic carbocycles. The van der Waals surface area contributed by atoms with Gasteiger partial charge in [0.2, 0.25) is 5.82 Å². The molecule has 0 atom stereocenters. The van der Waals surface area contributed by atoms with E-state index < -0.39 is 40.4 Å². The van der Waals surface area contributed by atoms with Gasteiger partial charge in [-0.15, -0.1) is 10.2 Å². The fourth-order valence-corrected chi connectivity index (χ4v) is 5.05. The quantitative estimate of drug-likeness (QED) is 0.0856. The summed E-state index contributed by atoms with van der Waals surface area (Å²) in [4.78, 5) is 4.80. The molecule has 0 saturated carbocycles. The number of halogens is 5. The number of hydrogen-bond donors (Lipinski definition) is 0. The van der Waals surface area contributed by atoms with E-state index in [4.69, 9.17) is 14.5 Å². The summed E-state index contributed by atoms with van der Waals surface area (Å²) in [5.41, 5.74) is 1.83. The highest BCUT2D eigenvalue weighted by molar-refractivity contribution is 7.98. The van der Waals surface area contributed by atoms with Crippen molar-refractivity contribution in [2.45, 2.75) is 17.8 Å². The maximum absolute atomic E-state index is 14.2. The van der Waals surface area contributed by atoms with E-state index in [2.05, 4.69) is 10.2 Å². The van der Waals surface area contributed by atoms with Crippen molar-refractivity contribution in [1.82, 2.24) is 19.7 Å². The lowest BCUT2D eigenvalue weighted by atomic mass is 10.0. The fourth-order valence-electron chi connectivity index (χ4n) is 4.14. The van der Waals surface area contributed by atoms with Gasteiger partial charge in [-0.1, -0.05) is 11.8 Å². The Morgan fingerprint density at radius 2 is 1.48 bits per heavy atom. The van der Waals surface area contributed by atoms with Crippen LogP contribution in [0.3, 0.4) is 0 Å². The van der Waals surface area contributed by atoms with Crippen LogP contribution in [0.1, 0.15) is 12.5 Å². The lowest BCUT2D eigenvalue weighted by molar-refractivity contribution is 0.340. The van der Waals surface area contributed by atoms with Gasteiger partial charge in [-0.25, -0.2) is 26.9 Å². The summed E-state index contributed by atoms with van der Waals surface area (Å²) < 4.78 is 81.7. The molecule has 0 aliphatic heterocycles. The highest BCUT2D eigenvalue weighted by Crippen LogP contribution is 2.36. The van der Waals surface area contributed by atoms with Crippen molar-refractivity contribution in [3.05, 3.63) is 83.2 Å². The number of benzene rings is 3. The van der Waals surface area contributed by atoms with Crippen molar-refractivity contribution in [2.24, 2.45) is 7.05 Å². The van der Waals surface area contributed by atoms with Crippen LogP contribution in [0, 0.1) is 29.1 Å². The molecule has 40 heavy (non-hydrogen) atoms. The Labute approximate surface area is 229 Å². The number of aromatic nitrogens is 4. The molecule has 6 nitrogen and oxygen atoms in total. The molecule has 0 radical (unpaired) electrons. The Bertz CT molecular complexity index is 1700. The highest BCUT2D eigenvalue weighted by Gasteiger charge is 2.26. The summed E-state index contributed by atoms with van der Waals surface area (Å²) in [7, 11) is 3.22. The van der Waals surface area contributed by atoms with E-state index in [0.717, 1.165) is 22.7 Å². The zero-order valence-electron chi connectivity index (χ0n) is 21.4. The van der Waals surface area contributed by atoms with E-state index in [9.17, 15) is 22.0 Å². The minimum absolute atomic E-state index is 0.205. The van der Waals surface area contributed by atoms with Crippen molar-refractivity contribution in [2.75, 3.05) is 13.7 Å². The first-order valence-corrected chi connectivity index (χ1v) is 13.0. The van der Waals surface area contributed by atoms with Crippen LogP contribution in [-0.4, -0.2) is 33.5 Å². The van der Waals surface area contributed by atoms with Gasteiger partial charge in [-0.05, 0) is 55.5 Å². The highest BCUT2D eigenvalue weighted by atomic mass is 32.2. The number of nitrogens with zero attached hydrogens (tertiary/aromatic N) is 4. The molecule has 0 unspecified atom stereocenters. The molecule has 0 fully saturated rings. The topological polar surface area (TPSA) is 62.1 Å². The van der Waals surface area contributed by atoms with Gasteiger partial charge in [-0.2, -0.15) is 0 Å². The van der Waals surface area contributed by atoms with Crippen LogP contribution < -0.4 is 9.47 Å². The summed E-state index contributed by atoms with van der Waals surface area (Å²) in [6, 6.07) is 14.7. The van der Waals surface area contributed by atoms with Gasteiger partial charge in [0.25, 0.3) is 0 Å². The fraction of sp³-hybridized carbons (Fsp3) is 0.179. The number of pyridine rings is 1. The molecule has 5 aromatic rings. The Morgan fingerprint density at radius 3 is 2.12 bits per heavy atom. The van der Waals surface area contributed by atoms with E-state index in [1.807, 2.05) is 55.5 Å². The summed E-state index contributed by atoms with van der Waals surface area (Å²) in [6.07, 6.45) is 0. The molecule has 0 N–H and O–H groups in total. The Kier molecular flexibility index (Phi) is 7.61. The number of rotatable bonds is 8. The summed E-state index contributed by atoms with van der Waals surface area (Å²) in [5, 5.41) is 9.33. The maximum Gasteiger partial charge on any atom is 0.200 e. The molecule has 0 bridgehead atoms. The van der Waals surface area contributed by atoms with Crippen molar-refractivity contribution in [3.63, 3.8) is 0 Å². The molecule has 0 saturated heterocycles. The molecule has 12 heteroatoms.